The van der Waals surface area contributed by atoms with Gasteiger partial charge in [0.15, 0.2) is 5.78 Å². The van der Waals surface area contributed by atoms with Crippen molar-refractivity contribution in [1.82, 2.24) is 15.2 Å². The fourth-order valence-corrected chi connectivity index (χ4v) is 5.45. The van der Waals surface area contributed by atoms with Gasteiger partial charge in [0.2, 0.25) is 5.91 Å². The third kappa shape index (κ3) is 7.30. The first-order chi connectivity index (χ1) is 17.4. The maximum absolute atomic E-state index is 13.6. The lowest BCUT2D eigenvalue weighted by Gasteiger charge is -2.35. The summed E-state index contributed by atoms with van der Waals surface area (Å²) < 4.78 is 4.99. The summed E-state index contributed by atoms with van der Waals surface area (Å²) in [5.41, 5.74) is 4.27. The number of aliphatic hydroxyl groups is 1. The second-order valence-electron chi connectivity index (χ2n) is 10.6. The number of β-amino-alcohol motifs (C(OH)–C–C–N with tert-alkyl or cyclic N) is 1. The number of alkyl halides is 1. The SMILES string of the molecule is Cc1ncsc1-c1ccc([C@H](C)CC(=O)[C@@H]2C[C@@H](O)CN2C(=O)[C@H](NC(=O)OCCCl)C(C)(C)C)cc1. The van der Waals surface area contributed by atoms with Gasteiger partial charge >= 0.3 is 6.09 Å². The molecule has 0 aliphatic carbocycles. The van der Waals surface area contributed by atoms with Gasteiger partial charge in [-0.15, -0.1) is 22.9 Å². The molecular weight excluding hydrogens is 514 g/mol. The van der Waals surface area contributed by atoms with Crippen LogP contribution in [-0.4, -0.2) is 70.0 Å². The van der Waals surface area contributed by atoms with Crippen LogP contribution in [0.3, 0.4) is 0 Å². The molecule has 3 rings (SSSR count). The van der Waals surface area contributed by atoms with Crippen LogP contribution >= 0.6 is 22.9 Å². The summed E-state index contributed by atoms with van der Waals surface area (Å²) in [4.78, 5) is 46.0. The number of alkyl carbamates (subject to hydrolysis) is 1. The lowest BCUT2D eigenvalue weighted by atomic mass is 9.85. The summed E-state index contributed by atoms with van der Waals surface area (Å²) in [6, 6.07) is 6.42. The van der Waals surface area contributed by atoms with Gasteiger partial charge in [0.05, 0.1) is 34.1 Å². The molecule has 1 fully saturated rings. The van der Waals surface area contributed by atoms with E-state index in [2.05, 4.69) is 10.3 Å². The fraction of sp³-hybridized carbons (Fsp3) is 0.556. The van der Waals surface area contributed by atoms with Gasteiger partial charge in [-0.05, 0) is 29.4 Å². The van der Waals surface area contributed by atoms with Crippen LogP contribution in [0.1, 0.15) is 57.7 Å². The second-order valence-corrected chi connectivity index (χ2v) is 11.9. The van der Waals surface area contributed by atoms with Crippen molar-refractivity contribution >= 4 is 40.7 Å². The predicted octanol–water partition coefficient (Wildman–Crippen LogP) is 4.52. The molecule has 1 aliphatic heterocycles. The Morgan fingerprint density at radius 3 is 2.51 bits per heavy atom. The molecule has 1 aromatic heterocycles. The molecule has 2 N–H and O–H groups in total. The average Bonchev–Trinajstić information content (AvgIpc) is 3.45. The van der Waals surface area contributed by atoms with Crippen molar-refractivity contribution in [2.45, 2.75) is 71.6 Å². The van der Waals surface area contributed by atoms with Gasteiger partial charge in [-0.1, -0.05) is 52.0 Å². The summed E-state index contributed by atoms with van der Waals surface area (Å²) in [5, 5.41) is 13.0. The number of thiazole rings is 1. The van der Waals surface area contributed by atoms with Crippen molar-refractivity contribution in [1.29, 1.82) is 0 Å². The second kappa shape index (κ2) is 12.4. The van der Waals surface area contributed by atoms with E-state index in [0.717, 1.165) is 21.7 Å². The van der Waals surface area contributed by atoms with Gasteiger partial charge < -0.3 is 20.1 Å². The Morgan fingerprint density at radius 2 is 1.95 bits per heavy atom. The molecule has 8 nitrogen and oxygen atoms in total. The molecule has 4 atom stereocenters. The molecule has 0 radical (unpaired) electrons. The summed E-state index contributed by atoms with van der Waals surface area (Å²) in [7, 11) is 0. The number of nitrogens with zero attached hydrogens (tertiary/aromatic N) is 2. The highest BCUT2D eigenvalue weighted by molar-refractivity contribution is 7.13. The lowest BCUT2D eigenvalue weighted by molar-refractivity contribution is -0.141. The summed E-state index contributed by atoms with van der Waals surface area (Å²) in [6.07, 6.45) is -1.15. The number of benzene rings is 1. The predicted molar refractivity (Wildman–Crippen MR) is 145 cm³/mol. The standard InChI is InChI=1S/C27H36ClN3O5S/c1-16(18-6-8-19(9-7-18)23-17(2)29-15-37-23)12-22(33)21-13-20(32)14-31(21)25(34)24(27(3,4)5)30-26(35)36-11-10-28/h6-9,15-16,20-21,24,32H,10-14H2,1-5H3,(H,30,35)/t16-,20-,21+,24+/m1/s1. The minimum atomic E-state index is -0.934. The molecule has 2 heterocycles. The van der Waals surface area contributed by atoms with Gasteiger partial charge in [0, 0.05) is 19.4 Å². The van der Waals surface area contributed by atoms with E-state index >= 15 is 0 Å². The Morgan fingerprint density at radius 1 is 1.27 bits per heavy atom. The number of amides is 2. The molecule has 1 saturated heterocycles. The summed E-state index contributed by atoms with van der Waals surface area (Å²) in [5.74, 6) is -0.456. The van der Waals surface area contributed by atoms with Gasteiger partial charge in [0.1, 0.15) is 12.6 Å². The van der Waals surface area contributed by atoms with E-state index < -0.39 is 35.6 Å². The molecule has 10 heteroatoms. The minimum Gasteiger partial charge on any atom is -0.448 e. The van der Waals surface area contributed by atoms with Crippen LogP contribution in [0, 0.1) is 12.3 Å². The Labute approximate surface area is 227 Å². The van der Waals surface area contributed by atoms with E-state index in [9.17, 15) is 19.5 Å². The molecule has 0 bridgehead atoms. The van der Waals surface area contributed by atoms with Crippen LogP contribution in [0.15, 0.2) is 29.8 Å². The molecule has 0 spiro atoms. The number of carbonyl (C=O) groups excluding carboxylic acids is 3. The van der Waals surface area contributed by atoms with E-state index in [1.165, 1.54) is 4.90 Å². The van der Waals surface area contributed by atoms with Crippen LogP contribution in [0.5, 0.6) is 0 Å². The molecular formula is C27H36ClN3O5S. The highest BCUT2D eigenvalue weighted by Crippen LogP contribution is 2.31. The normalized spacial score (nSPS) is 19.4. The Hall–Kier alpha value is -2.49. The first-order valence-corrected chi connectivity index (χ1v) is 13.8. The lowest BCUT2D eigenvalue weighted by Crippen LogP contribution is -2.57. The number of halogens is 1. The monoisotopic (exact) mass is 549 g/mol. The molecule has 1 aliphatic rings. The average molecular weight is 550 g/mol. The largest absolute Gasteiger partial charge is 0.448 e. The summed E-state index contributed by atoms with van der Waals surface area (Å²) >= 11 is 7.18. The number of Topliss-reactive ketones (excluding diaryl/α,β-unsaturated/α-hetero) is 1. The number of ether oxygens (including phenoxy) is 1. The highest BCUT2D eigenvalue weighted by Gasteiger charge is 2.44. The van der Waals surface area contributed by atoms with Crippen molar-refractivity contribution in [3.63, 3.8) is 0 Å². The van der Waals surface area contributed by atoms with Crippen molar-refractivity contribution in [2.24, 2.45) is 5.41 Å². The van der Waals surface area contributed by atoms with E-state index in [4.69, 9.17) is 16.3 Å². The van der Waals surface area contributed by atoms with E-state index in [1.807, 2.05) is 64.4 Å². The van der Waals surface area contributed by atoms with Crippen LogP contribution in [0.25, 0.3) is 10.4 Å². The molecule has 37 heavy (non-hydrogen) atoms. The van der Waals surface area contributed by atoms with Crippen molar-refractivity contribution in [3.8, 4) is 10.4 Å². The number of hydrogen-bond acceptors (Lipinski definition) is 7. The van der Waals surface area contributed by atoms with Crippen molar-refractivity contribution < 1.29 is 24.2 Å². The number of carbonyl (C=O) groups is 3. The minimum absolute atomic E-state index is 0.0185. The maximum atomic E-state index is 13.6. The smallest absolute Gasteiger partial charge is 0.407 e. The van der Waals surface area contributed by atoms with Crippen LogP contribution in [0.2, 0.25) is 0 Å². The van der Waals surface area contributed by atoms with E-state index in [-0.39, 0.29) is 43.6 Å². The van der Waals surface area contributed by atoms with Crippen molar-refractivity contribution in [3.05, 3.63) is 41.0 Å². The number of rotatable bonds is 9. The van der Waals surface area contributed by atoms with Gasteiger partial charge in [-0.25, -0.2) is 9.78 Å². The highest BCUT2D eigenvalue weighted by atomic mass is 35.5. The Kier molecular flexibility index (Phi) is 9.72. The fourth-order valence-electron chi connectivity index (χ4n) is 4.57. The zero-order valence-corrected chi connectivity index (χ0v) is 23.6. The summed E-state index contributed by atoms with van der Waals surface area (Å²) in [6.45, 7) is 9.48. The van der Waals surface area contributed by atoms with Crippen LogP contribution in [-0.2, 0) is 14.3 Å². The molecule has 202 valence electrons. The quantitative estimate of drug-likeness (QED) is 0.445. The number of aromatic nitrogens is 1. The molecule has 2 amide bonds. The molecule has 0 saturated carbocycles. The zero-order chi connectivity index (χ0) is 27.3. The first kappa shape index (κ1) is 29.1. The topological polar surface area (TPSA) is 109 Å². The number of hydrogen-bond donors (Lipinski definition) is 2. The van der Waals surface area contributed by atoms with Gasteiger partial charge in [-0.2, -0.15) is 0 Å². The molecule has 0 unspecified atom stereocenters. The maximum Gasteiger partial charge on any atom is 0.407 e. The van der Waals surface area contributed by atoms with Crippen LogP contribution < -0.4 is 5.32 Å². The third-order valence-corrected chi connectivity index (χ3v) is 7.75. The Balaban J connectivity index is 1.71. The van der Waals surface area contributed by atoms with E-state index in [0.29, 0.717) is 0 Å². The molecule has 1 aromatic carbocycles. The number of nitrogens with one attached hydrogen (secondary N) is 1. The first-order valence-electron chi connectivity index (χ1n) is 12.4. The van der Waals surface area contributed by atoms with Gasteiger partial charge in [0.25, 0.3) is 0 Å². The number of likely N-dealkylation sites (tertiary alicyclic amines) is 1. The number of aliphatic hydroxyl groups excluding tert-OH is 1. The zero-order valence-electron chi connectivity index (χ0n) is 22.0. The van der Waals surface area contributed by atoms with Gasteiger partial charge in [-0.3, -0.25) is 9.59 Å². The van der Waals surface area contributed by atoms with E-state index in [1.54, 1.807) is 11.3 Å². The third-order valence-electron chi connectivity index (χ3n) is 6.61. The van der Waals surface area contributed by atoms with Crippen LogP contribution in [0.4, 0.5) is 4.79 Å². The molecule has 2 aromatic rings. The number of ketones is 1. The Bertz CT molecular complexity index is 1100. The number of aryl methyl sites for hydroxylation is 1. The van der Waals surface area contributed by atoms with Crippen molar-refractivity contribution in [2.75, 3.05) is 19.0 Å².